The number of H-pyrrole nitrogens is 2. The molecule has 0 aliphatic carbocycles. The van der Waals surface area contributed by atoms with Crippen molar-refractivity contribution in [3.05, 3.63) is 21.0 Å². The van der Waals surface area contributed by atoms with Crippen molar-refractivity contribution in [2.24, 2.45) is 0 Å². The average Bonchev–Trinajstić information content (AvgIpc) is 2.20. The highest BCUT2D eigenvalue weighted by Crippen LogP contribution is 1.74. The van der Waals surface area contributed by atoms with E-state index >= 15 is 0 Å². The Morgan fingerprint density at radius 1 is 1.30 bits per heavy atom. The van der Waals surface area contributed by atoms with Gasteiger partial charge in [0.25, 0.3) is 0 Å². The van der Waals surface area contributed by atoms with Gasteiger partial charge in [0.1, 0.15) is 0 Å². The fourth-order valence-corrected chi connectivity index (χ4v) is 0.791. The van der Waals surface area contributed by atoms with E-state index in [4.69, 9.17) is 11.6 Å². The molecule has 0 saturated heterocycles. The zero-order valence-corrected chi connectivity index (χ0v) is 5.81. The summed E-state index contributed by atoms with van der Waals surface area (Å²) in [5.41, 5.74) is -0.906. The molecule has 0 fully saturated rings. The standard InChI is InChI=1S/C4H6ClN3O2/c5-1-2-8-3(9)6-7-4(8)10/h1-2H2,(H,6,9)(H,7,10). The molecule has 0 bridgehead atoms. The SMILES string of the molecule is O=c1[nH][nH]c(=O)n1CCCl. The molecule has 6 heteroatoms. The first-order valence-electron chi connectivity index (χ1n) is 2.69. The summed E-state index contributed by atoms with van der Waals surface area (Å²) in [6.07, 6.45) is 0. The third-order valence-corrected chi connectivity index (χ3v) is 1.24. The van der Waals surface area contributed by atoms with E-state index in [1.54, 1.807) is 0 Å². The van der Waals surface area contributed by atoms with Gasteiger partial charge in [-0.25, -0.2) is 24.4 Å². The zero-order chi connectivity index (χ0) is 7.56. The molecule has 0 atom stereocenters. The molecule has 2 N–H and O–H groups in total. The van der Waals surface area contributed by atoms with E-state index in [1.807, 2.05) is 0 Å². The lowest BCUT2D eigenvalue weighted by atomic mass is 10.7. The summed E-state index contributed by atoms with van der Waals surface area (Å²) >= 11 is 5.31. The Morgan fingerprint density at radius 2 is 1.80 bits per heavy atom. The maximum absolute atomic E-state index is 10.6. The van der Waals surface area contributed by atoms with E-state index in [0.717, 1.165) is 4.57 Å². The molecule has 1 rings (SSSR count). The maximum atomic E-state index is 10.6. The minimum Gasteiger partial charge on any atom is -0.247 e. The number of hydrogen-bond donors (Lipinski definition) is 2. The molecule has 1 heterocycles. The smallest absolute Gasteiger partial charge is 0.247 e. The molecule has 1 aromatic rings. The van der Waals surface area contributed by atoms with Gasteiger partial charge in [-0.3, -0.25) is 0 Å². The Morgan fingerprint density at radius 3 is 2.20 bits per heavy atom. The zero-order valence-electron chi connectivity index (χ0n) is 5.06. The number of nitrogens with zero attached hydrogens (tertiary/aromatic N) is 1. The van der Waals surface area contributed by atoms with Crippen molar-refractivity contribution in [3.8, 4) is 0 Å². The predicted octanol–water partition coefficient (Wildman–Crippen LogP) is -0.897. The highest BCUT2D eigenvalue weighted by Gasteiger charge is 1.98. The van der Waals surface area contributed by atoms with Crippen LogP contribution in [0.1, 0.15) is 0 Å². The summed E-state index contributed by atoms with van der Waals surface area (Å²) in [6, 6.07) is 0. The molecule has 0 amide bonds. The van der Waals surface area contributed by atoms with Crippen molar-refractivity contribution < 1.29 is 0 Å². The third-order valence-electron chi connectivity index (χ3n) is 1.07. The van der Waals surface area contributed by atoms with Crippen LogP contribution in [0, 0.1) is 0 Å². The van der Waals surface area contributed by atoms with Crippen molar-refractivity contribution in [2.45, 2.75) is 6.54 Å². The molecule has 5 nitrogen and oxygen atoms in total. The molecule has 0 radical (unpaired) electrons. The normalized spacial score (nSPS) is 10.1. The number of hydrogen-bond acceptors (Lipinski definition) is 2. The van der Waals surface area contributed by atoms with Gasteiger partial charge < -0.3 is 0 Å². The Kier molecular flexibility index (Phi) is 1.96. The minimum absolute atomic E-state index is 0.235. The minimum atomic E-state index is -0.453. The number of nitrogens with one attached hydrogen (secondary N) is 2. The van der Waals surface area contributed by atoms with Crippen LogP contribution in [0.4, 0.5) is 0 Å². The molecule has 0 saturated carbocycles. The molecule has 56 valence electrons. The monoisotopic (exact) mass is 163 g/mol. The van der Waals surface area contributed by atoms with Gasteiger partial charge in [-0.2, -0.15) is 0 Å². The molecule has 0 unspecified atom stereocenters. The Bertz CT molecular complexity index is 281. The molecule has 0 aliphatic heterocycles. The molecule has 0 spiro atoms. The number of aromatic amines is 2. The van der Waals surface area contributed by atoms with Gasteiger partial charge in [-0.1, -0.05) is 0 Å². The van der Waals surface area contributed by atoms with Crippen LogP contribution in [0.3, 0.4) is 0 Å². The quantitative estimate of drug-likeness (QED) is 0.555. The summed E-state index contributed by atoms with van der Waals surface area (Å²) in [5.74, 6) is 0.251. The molecule has 10 heavy (non-hydrogen) atoms. The second-order valence-corrected chi connectivity index (χ2v) is 2.08. The molecular weight excluding hydrogens is 158 g/mol. The summed E-state index contributed by atoms with van der Waals surface area (Å²) in [7, 11) is 0. The van der Waals surface area contributed by atoms with Gasteiger partial charge in [-0.15, -0.1) is 11.6 Å². The van der Waals surface area contributed by atoms with Crippen molar-refractivity contribution in [3.63, 3.8) is 0 Å². The molecule has 0 aromatic carbocycles. The number of aromatic nitrogens is 3. The van der Waals surface area contributed by atoms with Crippen molar-refractivity contribution in [1.29, 1.82) is 0 Å². The Balaban J connectivity index is 3.11. The second kappa shape index (κ2) is 2.74. The lowest BCUT2D eigenvalue weighted by Crippen LogP contribution is -2.27. The van der Waals surface area contributed by atoms with Gasteiger partial charge in [0, 0.05) is 12.4 Å². The van der Waals surface area contributed by atoms with E-state index < -0.39 is 11.4 Å². The number of halogens is 1. The van der Waals surface area contributed by atoms with Gasteiger partial charge in [0.15, 0.2) is 0 Å². The van der Waals surface area contributed by atoms with Crippen molar-refractivity contribution >= 4 is 11.6 Å². The number of alkyl halides is 1. The van der Waals surface area contributed by atoms with Gasteiger partial charge in [0.2, 0.25) is 0 Å². The van der Waals surface area contributed by atoms with E-state index in [1.165, 1.54) is 0 Å². The highest BCUT2D eigenvalue weighted by molar-refractivity contribution is 6.17. The van der Waals surface area contributed by atoms with Gasteiger partial charge in [-0.05, 0) is 0 Å². The lowest BCUT2D eigenvalue weighted by Gasteiger charge is -1.88. The number of rotatable bonds is 2. The predicted molar refractivity (Wildman–Crippen MR) is 36.4 cm³/mol. The summed E-state index contributed by atoms with van der Waals surface area (Å²) in [6.45, 7) is 0.235. The van der Waals surface area contributed by atoms with Crippen LogP contribution in [-0.4, -0.2) is 20.6 Å². The van der Waals surface area contributed by atoms with E-state index in [2.05, 4.69) is 10.2 Å². The van der Waals surface area contributed by atoms with Crippen molar-refractivity contribution in [1.82, 2.24) is 14.8 Å². The highest BCUT2D eigenvalue weighted by atomic mass is 35.5. The van der Waals surface area contributed by atoms with Crippen LogP contribution in [0.5, 0.6) is 0 Å². The van der Waals surface area contributed by atoms with Gasteiger partial charge in [0.05, 0.1) is 0 Å². The van der Waals surface area contributed by atoms with E-state index in [0.29, 0.717) is 0 Å². The van der Waals surface area contributed by atoms with Crippen LogP contribution < -0.4 is 11.4 Å². The third kappa shape index (κ3) is 1.13. The van der Waals surface area contributed by atoms with Crippen LogP contribution in [0.25, 0.3) is 0 Å². The molecular formula is C4H6ClN3O2. The van der Waals surface area contributed by atoms with E-state index in [9.17, 15) is 9.59 Å². The summed E-state index contributed by atoms with van der Waals surface area (Å²) in [4.78, 5) is 21.3. The average molecular weight is 164 g/mol. The Labute approximate surface area is 60.6 Å². The van der Waals surface area contributed by atoms with Crippen molar-refractivity contribution in [2.75, 3.05) is 5.88 Å². The maximum Gasteiger partial charge on any atom is 0.344 e. The summed E-state index contributed by atoms with van der Waals surface area (Å²) in [5, 5.41) is 4.27. The van der Waals surface area contributed by atoms with Crippen LogP contribution in [0.2, 0.25) is 0 Å². The topological polar surface area (TPSA) is 70.7 Å². The molecule has 0 aliphatic rings. The first-order valence-corrected chi connectivity index (χ1v) is 3.22. The Hall–Kier alpha value is -0.970. The first-order chi connectivity index (χ1) is 4.75. The van der Waals surface area contributed by atoms with E-state index in [-0.39, 0.29) is 12.4 Å². The molecule has 1 aromatic heterocycles. The van der Waals surface area contributed by atoms with Crippen LogP contribution >= 0.6 is 11.6 Å². The van der Waals surface area contributed by atoms with Crippen LogP contribution in [-0.2, 0) is 6.54 Å². The van der Waals surface area contributed by atoms with Gasteiger partial charge >= 0.3 is 11.4 Å². The first kappa shape index (κ1) is 7.14. The fraction of sp³-hybridized carbons (Fsp3) is 0.500. The fourth-order valence-electron chi connectivity index (χ4n) is 0.622. The largest absolute Gasteiger partial charge is 0.344 e. The second-order valence-electron chi connectivity index (χ2n) is 1.70. The van der Waals surface area contributed by atoms with Crippen LogP contribution in [0.15, 0.2) is 9.59 Å². The summed E-state index contributed by atoms with van der Waals surface area (Å²) < 4.78 is 0.993. The lowest BCUT2D eigenvalue weighted by molar-refractivity contribution is 0.708.